The van der Waals surface area contributed by atoms with Crippen molar-refractivity contribution in [2.24, 2.45) is 5.73 Å². The fraction of sp³-hybridized carbons (Fsp3) is 0.455. The Kier molecular flexibility index (Phi) is 5.18. The smallest absolute Gasteiger partial charge is 0.148 e. The molecule has 0 aliphatic rings. The maximum Gasteiger partial charge on any atom is 0.148 e. The maximum atomic E-state index is 11.1. The van der Waals surface area contributed by atoms with Crippen LogP contribution in [0.25, 0.3) is 0 Å². The van der Waals surface area contributed by atoms with Crippen molar-refractivity contribution >= 4 is 27.0 Å². The van der Waals surface area contributed by atoms with Crippen LogP contribution in [0.3, 0.4) is 0 Å². The highest BCUT2D eigenvalue weighted by atomic mass is 32.2. The Balaban J connectivity index is 2.70. The molecular weight excluding hydrogens is 270 g/mol. The Morgan fingerprint density at radius 3 is 2.78 bits per heavy atom. The topological polar surface area (TPSA) is 76.3 Å². The second-order valence-corrected chi connectivity index (χ2v) is 6.94. The molecule has 2 N–H and O–H groups in total. The molecule has 100 valence electrons. The van der Waals surface area contributed by atoms with Crippen LogP contribution in [-0.4, -0.2) is 48.9 Å². The average Bonchev–Trinajstić information content (AvgIpc) is 2.26. The number of nitrogens with zero attached hydrogens (tertiary/aromatic N) is 2. The van der Waals surface area contributed by atoms with Crippen LogP contribution < -0.4 is 5.73 Å². The van der Waals surface area contributed by atoms with Crippen LogP contribution in [0.2, 0.25) is 0 Å². The van der Waals surface area contributed by atoms with Crippen LogP contribution in [0.5, 0.6) is 0 Å². The van der Waals surface area contributed by atoms with Gasteiger partial charge in [0.15, 0.2) is 0 Å². The molecule has 0 saturated carbocycles. The first-order valence-corrected chi connectivity index (χ1v) is 7.86. The van der Waals surface area contributed by atoms with Gasteiger partial charge in [0.25, 0.3) is 0 Å². The largest absolute Gasteiger partial charge is 0.388 e. The minimum absolute atomic E-state index is 0.131. The van der Waals surface area contributed by atoms with Gasteiger partial charge in [-0.15, -0.1) is 0 Å². The molecule has 0 saturated heterocycles. The molecule has 18 heavy (non-hydrogen) atoms. The van der Waals surface area contributed by atoms with Crippen molar-refractivity contribution in [2.45, 2.75) is 6.54 Å². The van der Waals surface area contributed by atoms with E-state index < -0.39 is 9.84 Å². The zero-order chi connectivity index (χ0) is 13.8. The number of aromatic nitrogens is 1. The van der Waals surface area contributed by atoms with Crippen molar-refractivity contribution in [3.8, 4) is 0 Å². The van der Waals surface area contributed by atoms with Gasteiger partial charge in [0, 0.05) is 25.5 Å². The molecule has 1 aromatic rings. The highest BCUT2D eigenvalue weighted by molar-refractivity contribution is 7.90. The molecule has 1 rings (SSSR count). The van der Waals surface area contributed by atoms with E-state index in [1.54, 1.807) is 6.20 Å². The number of sulfone groups is 1. The van der Waals surface area contributed by atoms with Gasteiger partial charge in [-0.25, -0.2) is 8.42 Å². The van der Waals surface area contributed by atoms with Crippen LogP contribution in [0.4, 0.5) is 0 Å². The zero-order valence-corrected chi connectivity index (χ0v) is 12.1. The summed E-state index contributed by atoms with van der Waals surface area (Å²) in [6, 6.07) is 3.69. The number of hydrogen-bond acceptors (Lipinski definition) is 5. The summed E-state index contributed by atoms with van der Waals surface area (Å²) in [7, 11) is -1.10. The molecule has 0 spiro atoms. The summed E-state index contributed by atoms with van der Waals surface area (Å²) < 4.78 is 22.2. The van der Waals surface area contributed by atoms with Gasteiger partial charge in [-0.3, -0.25) is 4.98 Å². The molecule has 1 aromatic heterocycles. The minimum Gasteiger partial charge on any atom is -0.388 e. The van der Waals surface area contributed by atoms with E-state index in [0.29, 0.717) is 18.8 Å². The van der Waals surface area contributed by atoms with Crippen molar-refractivity contribution in [2.75, 3.05) is 25.6 Å². The highest BCUT2D eigenvalue weighted by Gasteiger charge is 2.10. The predicted molar refractivity (Wildman–Crippen MR) is 76.2 cm³/mol. The molecular formula is C11H17N3O2S2. The van der Waals surface area contributed by atoms with Crippen molar-refractivity contribution in [3.63, 3.8) is 0 Å². The van der Waals surface area contributed by atoms with E-state index in [0.717, 1.165) is 5.56 Å². The van der Waals surface area contributed by atoms with Crippen molar-refractivity contribution in [1.29, 1.82) is 0 Å². The van der Waals surface area contributed by atoms with Crippen LogP contribution in [-0.2, 0) is 16.4 Å². The third-order valence-corrected chi connectivity index (χ3v) is 3.53. The molecule has 0 aromatic carbocycles. The monoisotopic (exact) mass is 287 g/mol. The number of rotatable bonds is 6. The fourth-order valence-corrected chi connectivity index (χ4v) is 2.31. The van der Waals surface area contributed by atoms with Crippen LogP contribution in [0.1, 0.15) is 11.3 Å². The molecule has 0 fully saturated rings. The summed E-state index contributed by atoms with van der Waals surface area (Å²) in [5, 5.41) is 0. The molecule has 5 nitrogen and oxygen atoms in total. The SMILES string of the molecule is CN(CCS(C)(=O)=O)Cc1cccnc1C(N)=S. The normalized spacial score (nSPS) is 11.7. The van der Waals surface area contributed by atoms with Gasteiger partial charge in [0.05, 0.1) is 5.75 Å². The van der Waals surface area contributed by atoms with Gasteiger partial charge in [-0.1, -0.05) is 18.3 Å². The fourth-order valence-electron chi connectivity index (χ4n) is 1.48. The standard InChI is InChI=1S/C11H17N3O2S2/c1-14(6-7-18(2,15)16)8-9-4-3-5-13-10(9)11(12)17/h3-5H,6-8H2,1-2H3,(H2,12,17). The Morgan fingerprint density at radius 2 is 2.22 bits per heavy atom. The first-order chi connectivity index (χ1) is 8.29. The number of nitrogens with two attached hydrogens (primary N) is 1. The molecule has 7 heteroatoms. The molecule has 0 bridgehead atoms. The Labute approximate surface area is 113 Å². The average molecular weight is 287 g/mol. The summed E-state index contributed by atoms with van der Waals surface area (Å²) in [4.78, 5) is 6.28. The van der Waals surface area contributed by atoms with Gasteiger partial charge in [0.2, 0.25) is 0 Å². The van der Waals surface area contributed by atoms with E-state index in [4.69, 9.17) is 18.0 Å². The van der Waals surface area contributed by atoms with E-state index in [1.807, 2.05) is 24.1 Å². The Morgan fingerprint density at radius 1 is 1.56 bits per heavy atom. The molecule has 0 aliphatic carbocycles. The number of thiocarbonyl (C=S) groups is 1. The van der Waals surface area contributed by atoms with Gasteiger partial charge in [-0.05, 0) is 18.7 Å². The van der Waals surface area contributed by atoms with Gasteiger partial charge >= 0.3 is 0 Å². The first-order valence-electron chi connectivity index (χ1n) is 5.39. The lowest BCUT2D eigenvalue weighted by atomic mass is 10.2. The molecule has 0 radical (unpaired) electrons. The van der Waals surface area contributed by atoms with Crippen LogP contribution in [0.15, 0.2) is 18.3 Å². The molecule has 0 aliphatic heterocycles. The summed E-state index contributed by atoms with van der Waals surface area (Å²) >= 11 is 4.93. The predicted octanol–water partition coefficient (Wildman–Crippen LogP) is 0.192. The number of hydrogen-bond donors (Lipinski definition) is 1. The molecule has 0 unspecified atom stereocenters. The summed E-state index contributed by atoms with van der Waals surface area (Å²) in [5.74, 6) is 0.131. The van der Waals surface area contributed by atoms with Crippen molar-refractivity contribution < 1.29 is 8.42 Å². The lowest BCUT2D eigenvalue weighted by Crippen LogP contribution is -2.26. The summed E-state index contributed by atoms with van der Waals surface area (Å²) in [6.07, 6.45) is 2.86. The Bertz CT molecular complexity index is 529. The quantitative estimate of drug-likeness (QED) is 0.753. The Hall–Kier alpha value is -1.05. The van der Waals surface area contributed by atoms with Crippen LogP contribution in [0, 0.1) is 0 Å². The van der Waals surface area contributed by atoms with Crippen molar-refractivity contribution in [1.82, 2.24) is 9.88 Å². The van der Waals surface area contributed by atoms with E-state index >= 15 is 0 Å². The van der Waals surface area contributed by atoms with E-state index in [2.05, 4.69) is 4.98 Å². The second kappa shape index (κ2) is 6.21. The van der Waals surface area contributed by atoms with Gasteiger partial charge < -0.3 is 10.6 Å². The molecule has 1 heterocycles. The van der Waals surface area contributed by atoms with E-state index in [-0.39, 0.29) is 10.7 Å². The summed E-state index contributed by atoms with van der Waals surface area (Å²) in [6.45, 7) is 1.03. The molecule has 0 amide bonds. The third-order valence-electron chi connectivity index (χ3n) is 2.41. The van der Waals surface area contributed by atoms with Crippen LogP contribution >= 0.6 is 12.2 Å². The summed E-state index contributed by atoms with van der Waals surface area (Å²) in [5.41, 5.74) is 7.09. The first kappa shape index (κ1) is 15.0. The zero-order valence-electron chi connectivity index (χ0n) is 10.5. The lowest BCUT2D eigenvalue weighted by molar-refractivity contribution is 0.345. The minimum atomic E-state index is -2.95. The molecule has 0 atom stereocenters. The highest BCUT2D eigenvalue weighted by Crippen LogP contribution is 2.08. The van der Waals surface area contributed by atoms with Crippen molar-refractivity contribution in [3.05, 3.63) is 29.6 Å². The van der Waals surface area contributed by atoms with Gasteiger partial charge in [0.1, 0.15) is 20.5 Å². The van der Waals surface area contributed by atoms with Gasteiger partial charge in [-0.2, -0.15) is 0 Å². The second-order valence-electron chi connectivity index (χ2n) is 4.24. The lowest BCUT2D eigenvalue weighted by Gasteiger charge is -2.17. The van der Waals surface area contributed by atoms with E-state index in [1.165, 1.54) is 6.26 Å². The number of pyridine rings is 1. The van der Waals surface area contributed by atoms with E-state index in [9.17, 15) is 8.42 Å². The third kappa shape index (κ3) is 5.07. The maximum absolute atomic E-state index is 11.1.